The maximum Gasteiger partial charge on any atom is 0.258 e. The van der Waals surface area contributed by atoms with Crippen LogP contribution in [-0.2, 0) is 4.79 Å². The highest BCUT2D eigenvalue weighted by Gasteiger charge is 2.17. The first-order valence-corrected chi connectivity index (χ1v) is 9.72. The fraction of sp³-hybridized carbons (Fsp3) is 0.167. The van der Waals surface area contributed by atoms with Gasteiger partial charge in [0, 0.05) is 16.2 Å². The Labute approximate surface area is 173 Å². The fourth-order valence-electron chi connectivity index (χ4n) is 2.45. The number of benzene rings is 2. The molecule has 1 aromatic heterocycles. The molecule has 2 aromatic carbocycles. The highest BCUT2D eigenvalue weighted by molar-refractivity contribution is 14.1. The summed E-state index contributed by atoms with van der Waals surface area (Å²) in [6, 6.07) is 8.77. The Morgan fingerprint density at radius 1 is 1.07 bits per heavy atom. The van der Waals surface area contributed by atoms with E-state index in [2.05, 4.69) is 38.2 Å². The second-order valence-electron chi connectivity index (χ2n) is 5.52. The minimum absolute atomic E-state index is 0.143. The predicted molar refractivity (Wildman–Crippen MR) is 114 cm³/mol. The quantitative estimate of drug-likeness (QED) is 0.518. The normalized spacial score (nSPS) is 10.5. The maximum atomic E-state index is 12.7. The van der Waals surface area contributed by atoms with E-state index in [1.165, 1.54) is 25.4 Å². The zero-order chi connectivity index (χ0) is 19.6. The monoisotopic (exact) mass is 497 g/mol. The Morgan fingerprint density at radius 3 is 2.44 bits per heavy atom. The van der Waals surface area contributed by atoms with Crippen LogP contribution >= 0.6 is 33.9 Å². The van der Waals surface area contributed by atoms with Gasteiger partial charge in [0.05, 0.1) is 30.0 Å². The van der Waals surface area contributed by atoms with E-state index in [4.69, 9.17) is 9.47 Å². The van der Waals surface area contributed by atoms with Crippen LogP contribution in [0.1, 0.15) is 17.3 Å². The molecule has 0 saturated heterocycles. The van der Waals surface area contributed by atoms with E-state index < -0.39 is 0 Å². The summed E-state index contributed by atoms with van der Waals surface area (Å²) in [7, 11) is 3.07. The van der Waals surface area contributed by atoms with Crippen molar-refractivity contribution < 1.29 is 19.1 Å². The molecular weight excluding hydrogens is 481 g/mol. The van der Waals surface area contributed by atoms with Crippen LogP contribution in [0.3, 0.4) is 0 Å². The number of methoxy groups -OCH3 is 2. The third kappa shape index (κ3) is 4.30. The first-order chi connectivity index (χ1) is 12.9. The average molecular weight is 497 g/mol. The number of amides is 2. The smallest absolute Gasteiger partial charge is 0.258 e. The molecule has 0 aliphatic carbocycles. The van der Waals surface area contributed by atoms with Crippen LogP contribution in [0.15, 0.2) is 30.3 Å². The first kappa shape index (κ1) is 19.4. The number of rotatable bonds is 5. The number of nitrogens with one attached hydrogen (secondary N) is 2. The van der Waals surface area contributed by atoms with Gasteiger partial charge in [-0.15, -0.1) is 0 Å². The summed E-state index contributed by atoms with van der Waals surface area (Å²) >= 11 is 3.41. The molecule has 7 nitrogen and oxygen atoms in total. The average Bonchev–Trinajstić information content (AvgIpc) is 3.02. The number of hydrogen-bond donors (Lipinski definition) is 2. The molecule has 0 unspecified atom stereocenters. The molecule has 9 heteroatoms. The van der Waals surface area contributed by atoms with Crippen molar-refractivity contribution in [2.75, 3.05) is 24.9 Å². The molecule has 140 valence electrons. The third-order valence-corrected chi connectivity index (χ3v) is 5.47. The number of nitrogens with zero attached hydrogens (tertiary/aromatic N) is 1. The van der Waals surface area contributed by atoms with Crippen molar-refractivity contribution in [2.45, 2.75) is 6.92 Å². The number of carbonyl (C=O) groups is 2. The van der Waals surface area contributed by atoms with Crippen molar-refractivity contribution in [1.82, 2.24) is 4.98 Å². The summed E-state index contributed by atoms with van der Waals surface area (Å²) in [5, 5.41) is 6.02. The molecule has 0 spiro atoms. The minimum Gasteiger partial charge on any atom is -0.493 e. The molecule has 0 fully saturated rings. The van der Waals surface area contributed by atoms with Crippen LogP contribution in [0, 0.1) is 3.57 Å². The molecule has 27 heavy (non-hydrogen) atoms. The summed E-state index contributed by atoms with van der Waals surface area (Å²) in [5.41, 5.74) is 1.89. The molecular formula is C18H16IN3O4S. The van der Waals surface area contributed by atoms with Gasteiger partial charge < -0.3 is 14.8 Å². The van der Waals surface area contributed by atoms with Crippen LogP contribution in [0.4, 0.5) is 10.8 Å². The molecule has 2 N–H and O–H groups in total. The topological polar surface area (TPSA) is 89.5 Å². The summed E-state index contributed by atoms with van der Waals surface area (Å²) in [4.78, 5) is 28.3. The van der Waals surface area contributed by atoms with Gasteiger partial charge in [-0.2, -0.15) is 0 Å². The highest BCUT2D eigenvalue weighted by atomic mass is 127. The van der Waals surface area contributed by atoms with Crippen LogP contribution < -0.4 is 20.1 Å². The molecule has 0 aliphatic rings. The Hall–Kier alpha value is -2.40. The molecule has 0 aliphatic heterocycles. The standard InChI is InChI=1S/C18H16IN3O4S/c1-9(23)20-10-4-5-13-16(6-10)27-18(21-13)22-17(24)11-7-14(25-2)15(26-3)8-12(11)19/h4-8H,1-3H3,(H,20,23)(H,21,22,24). The van der Waals surface area contributed by atoms with Gasteiger partial charge in [-0.1, -0.05) is 11.3 Å². The van der Waals surface area contributed by atoms with Gasteiger partial charge in [0.2, 0.25) is 5.91 Å². The van der Waals surface area contributed by atoms with Gasteiger partial charge in [0.1, 0.15) is 0 Å². The van der Waals surface area contributed by atoms with Crippen LogP contribution in [0.2, 0.25) is 0 Å². The van der Waals surface area contributed by atoms with E-state index in [1.54, 1.807) is 31.4 Å². The lowest BCUT2D eigenvalue weighted by molar-refractivity contribution is -0.114. The largest absolute Gasteiger partial charge is 0.493 e. The maximum absolute atomic E-state index is 12.7. The van der Waals surface area contributed by atoms with Crippen molar-refractivity contribution in [2.24, 2.45) is 0 Å². The molecule has 1 heterocycles. The van der Waals surface area contributed by atoms with Gasteiger partial charge in [0.25, 0.3) is 5.91 Å². The van der Waals surface area contributed by atoms with E-state index in [-0.39, 0.29) is 11.8 Å². The summed E-state index contributed by atoms with van der Waals surface area (Å²) in [5.74, 6) is 0.605. The highest BCUT2D eigenvalue weighted by Crippen LogP contribution is 2.33. The Morgan fingerprint density at radius 2 is 1.78 bits per heavy atom. The summed E-state index contributed by atoms with van der Waals surface area (Å²) in [6.45, 7) is 1.45. The summed E-state index contributed by atoms with van der Waals surface area (Å²) < 4.78 is 12.1. The van der Waals surface area contributed by atoms with Gasteiger partial charge in [0.15, 0.2) is 16.6 Å². The Balaban J connectivity index is 1.86. The third-order valence-electron chi connectivity index (χ3n) is 3.65. The van der Waals surface area contributed by atoms with Crippen molar-refractivity contribution in [1.29, 1.82) is 0 Å². The predicted octanol–water partition coefficient (Wildman–Crippen LogP) is 4.13. The lowest BCUT2D eigenvalue weighted by Gasteiger charge is -2.11. The van der Waals surface area contributed by atoms with E-state index >= 15 is 0 Å². The number of hydrogen-bond acceptors (Lipinski definition) is 6. The fourth-order valence-corrected chi connectivity index (χ4v) is 4.04. The van der Waals surface area contributed by atoms with Crippen LogP contribution in [-0.4, -0.2) is 31.0 Å². The lowest BCUT2D eigenvalue weighted by Crippen LogP contribution is -2.13. The number of carbonyl (C=O) groups excluding carboxylic acids is 2. The summed E-state index contributed by atoms with van der Waals surface area (Å²) in [6.07, 6.45) is 0. The number of fused-ring (bicyclic) bond motifs is 1. The molecule has 3 aromatic rings. The van der Waals surface area contributed by atoms with E-state index in [1.807, 2.05) is 6.07 Å². The molecule has 0 saturated carbocycles. The number of thiazole rings is 1. The lowest BCUT2D eigenvalue weighted by atomic mass is 10.2. The minimum atomic E-state index is -0.290. The van der Waals surface area contributed by atoms with Crippen molar-refractivity contribution in [3.8, 4) is 11.5 Å². The molecule has 2 amide bonds. The van der Waals surface area contributed by atoms with Crippen LogP contribution in [0.5, 0.6) is 11.5 Å². The van der Waals surface area contributed by atoms with Crippen LogP contribution in [0.25, 0.3) is 10.2 Å². The Bertz CT molecular complexity index is 1030. The first-order valence-electron chi connectivity index (χ1n) is 7.82. The molecule has 0 atom stereocenters. The van der Waals surface area contributed by atoms with E-state index in [9.17, 15) is 9.59 Å². The number of aromatic nitrogens is 1. The SMILES string of the molecule is COc1cc(I)c(C(=O)Nc2nc3ccc(NC(C)=O)cc3s2)cc1OC. The van der Waals surface area contributed by atoms with Gasteiger partial charge >= 0.3 is 0 Å². The Kier molecular flexibility index (Phi) is 5.80. The second kappa shape index (κ2) is 8.09. The van der Waals surface area contributed by atoms with Gasteiger partial charge in [-0.05, 0) is 52.9 Å². The number of halogens is 1. The van der Waals surface area contributed by atoms with E-state index in [0.717, 1.165) is 13.8 Å². The van der Waals surface area contributed by atoms with E-state index in [0.29, 0.717) is 27.9 Å². The molecule has 0 bridgehead atoms. The van der Waals surface area contributed by atoms with Gasteiger partial charge in [-0.25, -0.2) is 4.98 Å². The zero-order valence-electron chi connectivity index (χ0n) is 14.8. The van der Waals surface area contributed by atoms with Crippen molar-refractivity contribution in [3.05, 3.63) is 39.5 Å². The second-order valence-corrected chi connectivity index (χ2v) is 7.72. The van der Waals surface area contributed by atoms with Crippen molar-refractivity contribution in [3.63, 3.8) is 0 Å². The number of anilines is 2. The molecule has 3 rings (SSSR count). The van der Waals surface area contributed by atoms with Gasteiger partial charge in [-0.3, -0.25) is 14.9 Å². The van der Waals surface area contributed by atoms with Crippen molar-refractivity contribution >= 4 is 66.8 Å². The zero-order valence-corrected chi connectivity index (χ0v) is 17.7. The molecule has 0 radical (unpaired) electrons. The number of ether oxygens (including phenoxy) is 2.